The van der Waals surface area contributed by atoms with Crippen molar-refractivity contribution in [1.82, 2.24) is 19.8 Å². The molecule has 166 valence electrons. The van der Waals surface area contributed by atoms with Crippen LogP contribution < -0.4 is 11.1 Å². The highest BCUT2D eigenvalue weighted by Gasteiger charge is 2.20. The molecular weight excluding hydrogens is 404 g/mol. The van der Waals surface area contributed by atoms with E-state index in [2.05, 4.69) is 40.5 Å². The minimum atomic E-state index is -0.164. The van der Waals surface area contributed by atoms with Gasteiger partial charge in [0.15, 0.2) is 5.82 Å². The Balaban J connectivity index is 1.53. The van der Waals surface area contributed by atoms with E-state index < -0.39 is 0 Å². The molecule has 3 heterocycles. The van der Waals surface area contributed by atoms with Crippen molar-refractivity contribution in [3.63, 3.8) is 0 Å². The molecule has 3 N–H and O–H groups in total. The SMILES string of the molecule is CC(C)c1cc(-c2ccc(CC(=O)Nc3cc(C(C)(C)C)no3)cc2)c2c(N)ncnn12. The number of hydrogen-bond donors (Lipinski definition) is 2. The summed E-state index contributed by atoms with van der Waals surface area (Å²) in [5, 5.41) is 11.2. The lowest BCUT2D eigenvalue weighted by Crippen LogP contribution is -2.14. The van der Waals surface area contributed by atoms with E-state index in [9.17, 15) is 4.79 Å². The average Bonchev–Trinajstić information content (AvgIpc) is 3.34. The van der Waals surface area contributed by atoms with Crippen molar-refractivity contribution in [2.75, 3.05) is 11.1 Å². The number of nitrogens with zero attached hydrogens (tertiary/aromatic N) is 4. The van der Waals surface area contributed by atoms with Crippen LogP contribution in [0.25, 0.3) is 16.6 Å². The highest BCUT2D eigenvalue weighted by molar-refractivity contribution is 5.91. The summed E-state index contributed by atoms with van der Waals surface area (Å²) in [5.74, 6) is 0.910. The second-order valence-electron chi connectivity index (χ2n) is 9.29. The Bertz CT molecular complexity index is 1260. The predicted octanol–water partition coefficient (Wildman–Crippen LogP) is 4.57. The number of hydrogen-bond acceptors (Lipinski definition) is 6. The van der Waals surface area contributed by atoms with Gasteiger partial charge in [0.2, 0.25) is 11.8 Å². The molecule has 1 amide bonds. The lowest BCUT2D eigenvalue weighted by atomic mass is 9.92. The van der Waals surface area contributed by atoms with E-state index in [-0.39, 0.29) is 23.7 Å². The van der Waals surface area contributed by atoms with Gasteiger partial charge in [0.05, 0.1) is 12.1 Å². The van der Waals surface area contributed by atoms with Gasteiger partial charge in [0, 0.05) is 22.7 Å². The molecule has 3 aromatic heterocycles. The number of nitrogens with two attached hydrogens (primary N) is 1. The highest BCUT2D eigenvalue weighted by atomic mass is 16.5. The maximum absolute atomic E-state index is 12.5. The Labute approximate surface area is 186 Å². The van der Waals surface area contributed by atoms with Crippen molar-refractivity contribution in [3.05, 3.63) is 59.7 Å². The lowest BCUT2D eigenvalue weighted by Gasteiger charge is -2.12. The van der Waals surface area contributed by atoms with Crippen LogP contribution in [0.15, 0.2) is 47.2 Å². The summed E-state index contributed by atoms with van der Waals surface area (Å²) >= 11 is 0. The maximum Gasteiger partial charge on any atom is 0.231 e. The first-order valence-electron chi connectivity index (χ1n) is 10.6. The summed E-state index contributed by atoms with van der Waals surface area (Å²) < 4.78 is 7.10. The zero-order valence-corrected chi connectivity index (χ0v) is 19.0. The van der Waals surface area contributed by atoms with Crippen LogP contribution >= 0.6 is 0 Å². The van der Waals surface area contributed by atoms with Crippen LogP contribution in [0.2, 0.25) is 0 Å². The molecule has 0 bridgehead atoms. The van der Waals surface area contributed by atoms with Crippen molar-refractivity contribution in [2.45, 2.75) is 52.4 Å². The summed E-state index contributed by atoms with van der Waals surface area (Å²) in [6.07, 6.45) is 1.70. The molecule has 8 nitrogen and oxygen atoms in total. The standard InChI is InChI=1S/C24H28N6O2/c1-14(2)18-11-17(22-23(25)26-13-27-30(18)22)16-8-6-15(7-9-16)10-20(31)28-21-12-19(29-32-21)24(3,4)5/h6-9,11-14H,10H2,1-5H3,(H,28,31)(H2,25,26,27). The van der Waals surface area contributed by atoms with Crippen molar-refractivity contribution in [2.24, 2.45) is 0 Å². The largest absolute Gasteiger partial charge is 0.382 e. The van der Waals surface area contributed by atoms with Gasteiger partial charge in [0.25, 0.3) is 0 Å². The van der Waals surface area contributed by atoms with Crippen molar-refractivity contribution in [3.8, 4) is 11.1 Å². The number of aromatic nitrogens is 4. The molecule has 4 rings (SSSR count). The Kier molecular flexibility index (Phi) is 5.46. The molecular formula is C24H28N6O2. The minimum Gasteiger partial charge on any atom is -0.382 e. The third-order valence-corrected chi connectivity index (χ3v) is 5.37. The van der Waals surface area contributed by atoms with E-state index in [1.54, 1.807) is 6.07 Å². The van der Waals surface area contributed by atoms with E-state index in [0.29, 0.717) is 11.7 Å². The van der Waals surface area contributed by atoms with Gasteiger partial charge >= 0.3 is 0 Å². The molecule has 0 aliphatic rings. The molecule has 8 heteroatoms. The zero-order chi connectivity index (χ0) is 23.0. The quantitative estimate of drug-likeness (QED) is 0.478. The summed E-state index contributed by atoms with van der Waals surface area (Å²) in [7, 11) is 0. The lowest BCUT2D eigenvalue weighted by molar-refractivity contribution is -0.115. The highest BCUT2D eigenvalue weighted by Crippen LogP contribution is 2.33. The predicted molar refractivity (Wildman–Crippen MR) is 124 cm³/mol. The molecule has 1 aromatic carbocycles. The number of nitrogen functional groups attached to an aromatic ring is 1. The molecule has 0 saturated carbocycles. The molecule has 0 unspecified atom stereocenters. The Morgan fingerprint density at radius 3 is 2.53 bits per heavy atom. The summed E-state index contributed by atoms with van der Waals surface area (Å²) in [6.45, 7) is 10.3. The second-order valence-corrected chi connectivity index (χ2v) is 9.29. The van der Waals surface area contributed by atoms with Crippen molar-refractivity contribution < 1.29 is 9.32 Å². The van der Waals surface area contributed by atoms with Crippen molar-refractivity contribution in [1.29, 1.82) is 0 Å². The number of amides is 1. The van der Waals surface area contributed by atoms with Crippen LogP contribution in [0.5, 0.6) is 0 Å². The van der Waals surface area contributed by atoms with Gasteiger partial charge in [0.1, 0.15) is 11.8 Å². The van der Waals surface area contributed by atoms with Crippen LogP contribution in [-0.2, 0) is 16.6 Å². The first-order valence-corrected chi connectivity index (χ1v) is 10.6. The van der Waals surface area contributed by atoms with Crippen LogP contribution in [0.1, 0.15) is 57.5 Å². The molecule has 0 spiro atoms. The number of anilines is 2. The fraction of sp³-hybridized carbons (Fsp3) is 0.333. The number of rotatable bonds is 5. The van der Waals surface area contributed by atoms with Gasteiger partial charge in [-0.3, -0.25) is 10.1 Å². The minimum absolute atomic E-state index is 0.143. The van der Waals surface area contributed by atoms with Gasteiger partial charge in [-0.05, 0) is 23.1 Å². The van der Waals surface area contributed by atoms with E-state index in [1.807, 2.05) is 49.6 Å². The fourth-order valence-electron chi connectivity index (χ4n) is 3.58. The van der Waals surface area contributed by atoms with Crippen LogP contribution in [-0.4, -0.2) is 25.7 Å². The Hall–Kier alpha value is -3.68. The van der Waals surface area contributed by atoms with Crippen molar-refractivity contribution >= 4 is 23.1 Å². The fourth-order valence-corrected chi connectivity index (χ4v) is 3.58. The third-order valence-electron chi connectivity index (χ3n) is 5.37. The first kappa shape index (κ1) is 21.5. The Morgan fingerprint density at radius 1 is 1.19 bits per heavy atom. The van der Waals surface area contributed by atoms with Gasteiger partial charge < -0.3 is 10.3 Å². The summed E-state index contributed by atoms with van der Waals surface area (Å²) in [4.78, 5) is 16.6. The average molecular weight is 433 g/mol. The Morgan fingerprint density at radius 2 is 1.91 bits per heavy atom. The number of fused-ring (bicyclic) bond motifs is 1. The monoisotopic (exact) mass is 432 g/mol. The third kappa shape index (κ3) is 4.21. The van der Waals surface area contributed by atoms with E-state index in [4.69, 9.17) is 10.3 Å². The van der Waals surface area contributed by atoms with Crippen LogP contribution in [0.4, 0.5) is 11.7 Å². The normalized spacial score (nSPS) is 11.9. The number of benzene rings is 1. The smallest absolute Gasteiger partial charge is 0.231 e. The number of nitrogens with one attached hydrogen (secondary N) is 1. The zero-order valence-electron chi connectivity index (χ0n) is 19.0. The van der Waals surface area contributed by atoms with E-state index in [0.717, 1.165) is 33.6 Å². The van der Waals surface area contributed by atoms with E-state index >= 15 is 0 Å². The molecule has 0 saturated heterocycles. The van der Waals surface area contributed by atoms with Gasteiger partial charge in [-0.15, -0.1) is 0 Å². The van der Waals surface area contributed by atoms with Crippen LogP contribution in [0.3, 0.4) is 0 Å². The number of carbonyl (C=O) groups excluding carboxylic acids is 1. The molecule has 0 aliphatic heterocycles. The van der Waals surface area contributed by atoms with Gasteiger partial charge in [-0.1, -0.05) is 64.0 Å². The molecule has 0 fully saturated rings. The summed E-state index contributed by atoms with van der Waals surface area (Å²) in [6, 6.07) is 11.7. The van der Waals surface area contributed by atoms with Gasteiger partial charge in [-0.2, -0.15) is 5.10 Å². The second kappa shape index (κ2) is 8.11. The molecule has 0 aliphatic carbocycles. The van der Waals surface area contributed by atoms with Crippen LogP contribution in [0, 0.1) is 0 Å². The summed E-state index contributed by atoms with van der Waals surface area (Å²) in [5.41, 5.74) is 11.5. The molecule has 0 radical (unpaired) electrons. The maximum atomic E-state index is 12.5. The topological polar surface area (TPSA) is 111 Å². The molecule has 32 heavy (non-hydrogen) atoms. The molecule has 4 aromatic rings. The first-order chi connectivity index (χ1) is 15.1. The van der Waals surface area contributed by atoms with E-state index in [1.165, 1.54) is 6.33 Å². The molecule has 0 atom stereocenters. The van der Waals surface area contributed by atoms with Gasteiger partial charge in [-0.25, -0.2) is 9.50 Å². The number of carbonyl (C=O) groups is 1.